The first kappa shape index (κ1) is 10.2. The number of hydrogen-bond donors (Lipinski definition) is 0. The van der Waals surface area contributed by atoms with Crippen LogP contribution < -0.4 is 0 Å². The van der Waals surface area contributed by atoms with Crippen molar-refractivity contribution in [3.63, 3.8) is 0 Å². The number of hydrogen-bond acceptors (Lipinski definition) is 1. The molecule has 1 atom stereocenters. The Balaban J connectivity index is 2.32. The molecule has 1 aromatic rings. The van der Waals surface area contributed by atoms with Crippen LogP contribution in [0.3, 0.4) is 0 Å². The van der Waals surface area contributed by atoms with Gasteiger partial charge in [-0.15, -0.1) is 0 Å². The van der Waals surface area contributed by atoms with Gasteiger partial charge in [0.2, 0.25) is 0 Å². The van der Waals surface area contributed by atoms with Crippen molar-refractivity contribution in [3.8, 4) is 0 Å². The summed E-state index contributed by atoms with van der Waals surface area (Å²) in [6.07, 6.45) is 7.83. The van der Waals surface area contributed by atoms with Crippen molar-refractivity contribution in [2.45, 2.75) is 12.5 Å². The summed E-state index contributed by atoms with van der Waals surface area (Å²) < 4.78 is 0. The van der Waals surface area contributed by atoms with Crippen LogP contribution in [0, 0.1) is 0 Å². The highest BCUT2D eigenvalue weighted by atomic mass is 15.1. The molecule has 0 fully saturated rings. The molecule has 0 bridgehead atoms. The van der Waals surface area contributed by atoms with E-state index in [4.69, 9.17) is 0 Å². The van der Waals surface area contributed by atoms with Crippen molar-refractivity contribution in [1.29, 1.82) is 0 Å². The van der Waals surface area contributed by atoms with Gasteiger partial charge in [-0.3, -0.25) is 4.90 Å². The highest BCUT2D eigenvalue weighted by Crippen LogP contribution is 2.29. The van der Waals surface area contributed by atoms with Gasteiger partial charge in [0.25, 0.3) is 0 Å². The van der Waals surface area contributed by atoms with E-state index in [1.807, 2.05) is 0 Å². The fourth-order valence-electron chi connectivity index (χ4n) is 2.10. The standard InChI is InChI=1S/C14H17N/c1-15(2)14(13-10-6-7-11-13)12-8-4-3-5-9-12/h3-6,8-11,14H,7H2,1-2H3/t14-/m1/s1. The highest BCUT2D eigenvalue weighted by molar-refractivity contribution is 5.37. The smallest absolute Gasteiger partial charge is 0.0593 e. The van der Waals surface area contributed by atoms with Crippen molar-refractivity contribution in [1.82, 2.24) is 4.90 Å². The summed E-state index contributed by atoms with van der Waals surface area (Å²) in [6, 6.07) is 11.0. The largest absolute Gasteiger partial charge is 0.299 e. The number of allylic oxidation sites excluding steroid dienone is 2. The third-order valence-electron chi connectivity index (χ3n) is 2.75. The lowest BCUT2D eigenvalue weighted by Gasteiger charge is -2.25. The lowest BCUT2D eigenvalue weighted by atomic mass is 9.99. The summed E-state index contributed by atoms with van der Waals surface area (Å²) in [5.41, 5.74) is 2.77. The van der Waals surface area contributed by atoms with Gasteiger partial charge in [0.05, 0.1) is 6.04 Å². The minimum absolute atomic E-state index is 0.393. The van der Waals surface area contributed by atoms with Gasteiger partial charge in [-0.1, -0.05) is 48.6 Å². The maximum Gasteiger partial charge on any atom is 0.0593 e. The van der Waals surface area contributed by atoms with Gasteiger partial charge >= 0.3 is 0 Å². The molecule has 1 nitrogen and oxygen atoms in total. The van der Waals surface area contributed by atoms with Gasteiger partial charge in [-0.2, -0.15) is 0 Å². The molecule has 1 aromatic carbocycles. The Labute approximate surface area is 91.7 Å². The lowest BCUT2D eigenvalue weighted by Crippen LogP contribution is -2.20. The van der Waals surface area contributed by atoms with Crippen molar-refractivity contribution >= 4 is 0 Å². The normalized spacial score (nSPS) is 16.9. The van der Waals surface area contributed by atoms with Crippen LogP contribution in [-0.4, -0.2) is 19.0 Å². The van der Waals surface area contributed by atoms with Gasteiger partial charge in [0, 0.05) is 0 Å². The predicted molar refractivity (Wildman–Crippen MR) is 64.7 cm³/mol. The van der Waals surface area contributed by atoms with Crippen LogP contribution in [-0.2, 0) is 0 Å². The molecule has 0 unspecified atom stereocenters. The molecular formula is C14H17N. The molecule has 0 heterocycles. The average Bonchev–Trinajstić information content (AvgIpc) is 2.72. The van der Waals surface area contributed by atoms with Crippen molar-refractivity contribution in [2.75, 3.05) is 14.1 Å². The number of likely N-dealkylation sites (N-methyl/N-ethyl adjacent to an activating group) is 1. The molecule has 0 radical (unpaired) electrons. The zero-order valence-electron chi connectivity index (χ0n) is 9.35. The highest BCUT2D eigenvalue weighted by Gasteiger charge is 2.17. The Morgan fingerprint density at radius 1 is 1.13 bits per heavy atom. The maximum atomic E-state index is 2.30. The van der Waals surface area contributed by atoms with E-state index in [0.717, 1.165) is 6.42 Å². The molecule has 2 rings (SSSR count). The topological polar surface area (TPSA) is 3.24 Å². The van der Waals surface area contributed by atoms with Gasteiger partial charge < -0.3 is 0 Å². The number of nitrogens with zero attached hydrogens (tertiary/aromatic N) is 1. The fourth-order valence-corrected chi connectivity index (χ4v) is 2.10. The van der Waals surface area contributed by atoms with E-state index >= 15 is 0 Å². The Morgan fingerprint density at radius 3 is 2.40 bits per heavy atom. The van der Waals surface area contributed by atoms with Crippen LogP contribution >= 0.6 is 0 Å². The van der Waals surface area contributed by atoms with Gasteiger partial charge in [0.15, 0.2) is 0 Å². The molecule has 0 saturated heterocycles. The first-order valence-electron chi connectivity index (χ1n) is 5.37. The van der Waals surface area contributed by atoms with Crippen molar-refractivity contribution in [3.05, 3.63) is 59.7 Å². The second-order valence-corrected chi connectivity index (χ2v) is 4.12. The summed E-state index contributed by atoms with van der Waals surface area (Å²) in [6.45, 7) is 0. The predicted octanol–water partition coefficient (Wildman–Crippen LogP) is 3.18. The van der Waals surface area contributed by atoms with E-state index in [0.29, 0.717) is 6.04 Å². The fraction of sp³-hybridized carbons (Fsp3) is 0.286. The number of benzene rings is 1. The van der Waals surface area contributed by atoms with Crippen molar-refractivity contribution in [2.24, 2.45) is 0 Å². The molecule has 1 aliphatic carbocycles. The summed E-state index contributed by atoms with van der Waals surface area (Å²) in [7, 11) is 4.26. The third-order valence-corrected chi connectivity index (χ3v) is 2.75. The molecule has 0 aliphatic heterocycles. The second-order valence-electron chi connectivity index (χ2n) is 4.12. The minimum atomic E-state index is 0.393. The molecule has 1 aliphatic rings. The molecule has 0 saturated carbocycles. The summed E-state index contributed by atoms with van der Waals surface area (Å²) in [5, 5.41) is 0. The number of rotatable bonds is 3. The summed E-state index contributed by atoms with van der Waals surface area (Å²) in [4.78, 5) is 2.26. The molecule has 1 heteroatoms. The van der Waals surface area contributed by atoms with E-state index < -0.39 is 0 Å². The summed E-state index contributed by atoms with van der Waals surface area (Å²) >= 11 is 0. The average molecular weight is 199 g/mol. The van der Waals surface area contributed by atoms with Crippen LogP contribution in [0.2, 0.25) is 0 Å². The first-order valence-corrected chi connectivity index (χ1v) is 5.37. The molecule has 0 N–H and O–H groups in total. The monoisotopic (exact) mass is 199 g/mol. The van der Waals surface area contributed by atoms with Crippen LogP contribution in [0.1, 0.15) is 18.0 Å². The van der Waals surface area contributed by atoms with E-state index in [-0.39, 0.29) is 0 Å². The van der Waals surface area contributed by atoms with Crippen LogP contribution in [0.15, 0.2) is 54.1 Å². The van der Waals surface area contributed by atoms with Crippen LogP contribution in [0.4, 0.5) is 0 Å². The van der Waals surface area contributed by atoms with Gasteiger partial charge in [-0.05, 0) is 31.7 Å². The van der Waals surface area contributed by atoms with E-state index in [1.54, 1.807) is 0 Å². The Bertz CT molecular complexity index is 374. The molecule has 78 valence electrons. The second kappa shape index (κ2) is 4.45. The van der Waals surface area contributed by atoms with E-state index in [2.05, 4.69) is 67.6 Å². The Morgan fingerprint density at radius 2 is 1.87 bits per heavy atom. The molecule has 15 heavy (non-hydrogen) atoms. The minimum Gasteiger partial charge on any atom is -0.299 e. The van der Waals surface area contributed by atoms with Crippen LogP contribution in [0.5, 0.6) is 0 Å². The quantitative estimate of drug-likeness (QED) is 0.722. The molecule has 0 aromatic heterocycles. The van der Waals surface area contributed by atoms with Gasteiger partial charge in [0.1, 0.15) is 0 Å². The molecular weight excluding hydrogens is 182 g/mol. The zero-order valence-corrected chi connectivity index (χ0v) is 9.35. The molecule has 0 amide bonds. The zero-order chi connectivity index (χ0) is 10.7. The Hall–Kier alpha value is -1.34. The third kappa shape index (κ3) is 2.18. The summed E-state index contributed by atoms with van der Waals surface area (Å²) in [5.74, 6) is 0. The van der Waals surface area contributed by atoms with E-state index in [9.17, 15) is 0 Å². The SMILES string of the molecule is CN(C)[C@@H](C1=CCC=C1)c1ccccc1. The Kier molecular flexibility index (Phi) is 3.02. The first-order chi connectivity index (χ1) is 7.29. The van der Waals surface area contributed by atoms with Crippen molar-refractivity contribution < 1.29 is 0 Å². The molecule has 0 spiro atoms. The maximum absolute atomic E-state index is 2.30. The lowest BCUT2D eigenvalue weighted by molar-refractivity contribution is 0.342. The van der Waals surface area contributed by atoms with E-state index in [1.165, 1.54) is 11.1 Å². The van der Waals surface area contributed by atoms with Crippen LogP contribution in [0.25, 0.3) is 0 Å². The van der Waals surface area contributed by atoms with Gasteiger partial charge in [-0.25, -0.2) is 0 Å².